The average molecular weight is 112 g/mol. The minimum Gasteiger partial charge on any atom is -0.388 e. The molecule has 1 unspecified atom stereocenters. The summed E-state index contributed by atoms with van der Waals surface area (Å²) in [6.45, 7) is 3.24. The van der Waals surface area contributed by atoms with E-state index in [1.54, 1.807) is 0 Å². The van der Waals surface area contributed by atoms with Gasteiger partial charge in [-0.3, -0.25) is 0 Å². The molecule has 1 aliphatic heterocycles. The molecule has 0 aromatic carbocycles. The van der Waals surface area contributed by atoms with Crippen LogP contribution in [0.3, 0.4) is 0 Å². The van der Waals surface area contributed by atoms with Gasteiger partial charge in [0, 0.05) is 25.0 Å². The van der Waals surface area contributed by atoms with Gasteiger partial charge in [0.1, 0.15) is 0 Å². The molecule has 8 heavy (non-hydrogen) atoms. The molecule has 0 aromatic rings. The van der Waals surface area contributed by atoms with Gasteiger partial charge in [0.05, 0.1) is 0 Å². The minimum absolute atomic E-state index is 0.639. The SMILES string of the molecule is CCC1CNC=CN1. The van der Waals surface area contributed by atoms with Crippen LogP contribution in [0.25, 0.3) is 0 Å². The van der Waals surface area contributed by atoms with Crippen molar-refractivity contribution in [1.29, 1.82) is 0 Å². The Morgan fingerprint density at radius 3 is 2.88 bits per heavy atom. The fourth-order valence-electron chi connectivity index (χ4n) is 0.775. The lowest BCUT2D eigenvalue weighted by molar-refractivity contribution is 0.523. The van der Waals surface area contributed by atoms with E-state index in [2.05, 4.69) is 17.6 Å². The van der Waals surface area contributed by atoms with Crippen molar-refractivity contribution < 1.29 is 0 Å². The highest BCUT2D eigenvalue weighted by Gasteiger charge is 2.02. The molecule has 0 radical (unpaired) electrons. The standard InChI is InChI=1S/C6H12N2/c1-2-6-5-7-3-4-8-6/h3-4,6-8H,2,5H2,1H3. The third-order valence-electron chi connectivity index (χ3n) is 1.39. The fraction of sp³-hybridized carbons (Fsp3) is 0.667. The van der Waals surface area contributed by atoms with Crippen molar-refractivity contribution >= 4 is 0 Å². The van der Waals surface area contributed by atoms with Crippen LogP contribution in [-0.2, 0) is 0 Å². The monoisotopic (exact) mass is 112 g/mol. The molecular weight excluding hydrogens is 100 g/mol. The summed E-state index contributed by atoms with van der Waals surface area (Å²) in [5.41, 5.74) is 0. The number of nitrogens with one attached hydrogen (secondary N) is 2. The van der Waals surface area contributed by atoms with Gasteiger partial charge in [-0.05, 0) is 6.42 Å². The molecule has 46 valence electrons. The fourth-order valence-corrected chi connectivity index (χ4v) is 0.775. The highest BCUT2D eigenvalue weighted by molar-refractivity contribution is 4.88. The molecule has 1 aliphatic rings. The van der Waals surface area contributed by atoms with Crippen molar-refractivity contribution in [2.45, 2.75) is 19.4 Å². The van der Waals surface area contributed by atoms with Crippen LogP contribution in [0.15, 0.2) is 12.4 Å². The molecule has 1 atom stereocenters. The first-order valence-electron chi connectivity index (χ1n) is 3.08. The van der Waals surface area contributed by atoms with Gasteiger partial charge in [-0.15, -0.1) is 0 Å². The van der Waals surface area contributed by atoms with Crippen LogP contribution < -0.4 is 10.6 Å². The van der Waals surface area contributed by atoms with E-state index in [-0.39, 0.29) is 0 Å². The predicted octanol–water partition coefficient (Wildman–Crippen LogP) is 0.429. The number of hydrogen-bond acceptors (Lipinski definition) is 2. The second-order valence-electron chi connectivity index (χ2n) is 2.01. The molecule has 0 spiro atoms. The molecule has 2 N–H and O–H groups in total. The first-order chi connectivity index (χ1) is 3.93. The van der Waals surface area contributed by atoms with Gasteiger partial charge < -0.3 is 10.6 Å². The van der Waals surface area contributed by atoms with Crippen LogP contribution in [-0.4, -0.2) is 12.6 Å². The Morgan fingerprint density at radius 2 is 2.50 bits per heavy atom. The van der Waals surface area contributed by atoms with Crippen molar-refractivity contribution in [2.24, 2.45) is 0 Å². The zero-order valence-corrected chi connectivity index (χ0v) is 5.15. The van der Waals surface area contributed by atoms with Crippen molar-refractivity contribution in [2.75, 3.05) is 6.54 Å². The second kappa shape index (κ2) is 2.60. The van der Waals surface area contributed by atoms with Crippen LogP contribution >= 0.6 is 0 Å². The number of rotatable bonds is 1. The van der Waals surface area contributed by atoms with Gasteiger partial charge in [-0.2, -0.15) is 0 Å². The second-order valence-corrected chi connectivity index (χ2v) is 2.01. The molecule has 0 amide bonds. The van der Waals surface area contributed by atoms with Crippen molar-refractivity contribution in [1.82, 2.24) is 10.6 Å². The van der Waals surface area contributed by atoms with Gasteiger partial charge in [0.15, 0.2) is 0 Å². The number of hydrogen-bond donors (Lipinski definition) is 2. The van der Waals surface area contributed by atoms with E-state index in [1.165, 1.54) is 6.42 Å². The van der Waals surface area contributed by atoms with E-state index >= 15 is 0 Å². The maximum atomic E-state index is 3.23. The van der Waals surface area contributed by atoms with Crippen molar-refractivity contribution in [3.8, 4) is 0 Å². The Hall–Kier alpha value is -0.660. The summed E-state index contributed by atoms with van der Waals surface area (Å²) < 4.78 is 0. The Morgan fingerprint density at radius 1 is 1.62 bits per heavy atom. The molecule has 1 rings (SSSR count). The van der Waals surface area contributed by atoms with Crippen LogP contribution in [0.5, 0.6) is 0 Å². The van der Waals surface area contributed by atoms with Crippen molar-refractivity contribution in [3.63, 3.8) is 0 Å². The van der Waals surface area contributed by atoms with E-state index in [0.29, 0.717) is 6.04 Å². The zero-order valence-electron chi connectivity index (χ0n) is 5.15. The first kappa shape index (κ1) is 5.48. The molecule has 0 bridgehead atoms. The maximum Gasteiger partial charge on any atom is 0.0426 e. The first-order valence-corrected chi connectivity index (χ1v) is 3.08. The Kier molecular flexibility index (Phi) is 1.78. The zero-order chi connectivity index (χ0) is 5.82. The van der Waals surface area contributed by atoms with Crippen LogP contribution in [0, 0.1) is 0 Å². The van der Waals surface area contributed by atoms with E-state index < -0.39 is 0 Å². The molecule has 2 heteroatoms. The lowest BCUT2D eigenvalue weighted by Gasteiger charge is -2.18. The van der Waals surface area contributed by atoms with Crippen LogP contribution in [0.1, 0.15) is 13.3 Å². The van der Waals surface area contributed by atoms with Gasteiger partial charge in [-0.1, -0.05) is 6.92 Å². The average Bonchev–Trinajstić information content (AvgIpc) is 1.90. The molecule has 0 fully saturated rings. The van der Waals surface area contributed by atoms with E-state index in [1.807, 2.05) is 12.4 Å². The normalized spacial score (nSPS) is 26.4. The lowest BCUT2D eigenvalue weighted by atomic mass is 10.2. The lowest BCUT2D eigenvalue weighted by Crippen LogP contribution is -2.37. The van der Waals surface area contributed by atoms with E-state index in [0.717, 1.165) is 6.54 Å². The molecular formula is C6H12N2. The minimum atomic E-state index is 0.639. The topological polar surface area (TPSA) is 24.1 Å². The third kappa shape index (κ3) is 1.15. The van der Waals surface area contributed by atoms with Gasteiger partial charge in [0.2, 0.25) is 0 Å². The summed E-state index contributed by atoms with van der Waals surface area (Å²) in [6.07, 6.45) is 5.08. The Labute approximate surface area is 50.0 Å². The predicted molar refractivity (Wildman–Crippen MR) is 34.4 cm³/mol. The quantitative estimate of drug-likeness (QED) is 0.514. The molecule has 0 saturated heterocycles. The largest absolute Gasteiger partial charge is 0.388 e. The summed E-state index contributed by atoms with van der Waals surface area (Å²) in [4.78, 5) is 0. The van der Waals surface area contributed by atoms with Gasteiger partial charge >= 0.3 is 0 Å². The summed E-state index contributed by atoms with van der Waals surface area (Å²) in [6, 6.07) is 0.639. The Balaban J connectivity index is 2.27. The summed E-state index contributed by atoms with van der Waals surface area (Å²) in [5.74, 6) is 0. The molecule has 2 nitrogen and oxygen atoms in total. The Bertz CT molecular complexity index is 88.5. The van der Waals surface area contributed by atoms with E-state index in [9.17, 15) is 0 Å². The van der Waals surface area contributed by atoms with E-state index in [4.69, 9.17) is 0 Å². The molecule has 0 saturated carbocycles. The molecule has 1 heterocycles. The molecule has 0 aromatic heterocycles. The summed E-state index contributed by atoms with van der Waals surface area (Å²) >= 11 is 0. The smallest absolute Gasteiger partial charge is 0.0426 e. The highest BCUT2D eigenvalue weighted by Crippen LogP contribution is 1.91. The van der Waals surface area contributed by atoms with Gasteiger partial charge in [0.25, 0.3) is 0 Å². The van der Waals surface area contributed by atoms with Crippen LogP contribution in [0.4, 0.5) is 0 Å². The summed E-state index contributed by atoms with van der Waals surface area (Å²) in [7, 11) is 0. The van der Waals surface area contributed by atoms with Crippen molar-refractivity contribution in [3.05, 3.63) is 12.4 Å². The van der Waals surface area contributed by atoms with Crippen LogP contribution in [0.2, 0.25) is 0 Å². The van der Waals surface area contributed by atoms with Gasteiger partial charge in [-0.25, -0.2) is 0 Å². The third-order valence-corrected chi connectivity index (χ3v) is 1.39. The summed E-state index contributed by atoms with van der Waals surface area (Å²) in [5, 5.41) is 6.37. The maximum absolute atomic E-state index is 3.23. The molecule has 0 aliphatic carbocycles. The highest BCUT2D eigenvalue weighted by atomic mass is 15.0.